The summed E-state index contributed by atoms with van der Waals surface area (Å²) in [5.41, 5.74) is 0. The molecule has 130 valence electrons. The van der Waals surface area contributed by atoms with Gasteiger partial charge in [0, 0.05) is 12.1 Å². The van der Waals surface area contributed by atoms with Crippen LogP contribution in [-0.2, 0) is 0 Å². The third-order valence-corrected chi connectivity index (χ3v) is 5.59. The summed E-state index contributed by atoms with van der Waals surface area (Å²) < 4.78 is 0. The van der Waals surface area contributed by atoms with E-state index in [-0.39, 0.29) is 12.7 Å². The fraction of sp³-hybridized carbons (Fsp3) is 1.00. The molecule has 4 heteroatoms. The molecule has 2 rings (SSSR count). The molecule has 4 nitrogen and oxygen atoms in total. The first-order valence-electron chi connectivity index (χ1n) is 9.43. The van der Waals surface area contributed by atoms with Crippen molar-refractivity contribution in [2.45, 2.75) is 101 Å². The lowest BCUT2D eigenvalue weighted by Gasteiger charge is -2.24. The lowest BCUT2D eigenvalue weighted by atomic mass is 10.0. The average Bonchev–Trinajstić information content (AvgIpc) is 3.12. The first-order chi connectivity index (χ1) is 10.7. The molecule has 0 amide bonds. The highest BCUT2D eigenvalue weighted by Gasteiger charge is 2.36. The van der Waals surface area contributed by atoms with E-state index in [0.29, 0.717) is 6.42 Å². The van der Waals surface area contributed by atoms with Crippen LogP contribution < -0.4 is 0 Å². The molecule has 0 spiro atoms. The van der Waals surface area contributed by atoms with Crippen LogP contribution in [0.15, 0.2) is 0 Å². The number of rotatable bonds is 11. The standard InChI is InChI=1S/C18H35NO3/c20-14-18(22)8-4-2-1-3-7-17(21)12-11-16-10-9-15-6-5-13-19(15)16/h15-18,20-22H,1-14H2. The van der Waals surface area contributed by atoms with Gasteiger partial charge in [0.2, 0.25) is 0 Å². The van der Waals surface area contributed by atoms with Crippen LogP contribution >= 0.6 is 0 Å². The Morgan fingerprint density at radius 1 is 0.864 bits per heavy atom. The van der Waals surface area contributed by atoms with Gasteiger partial charge in [-0.25, -0.2) is 0 Å². The minimum Gasteiger partial charge on any atom is -0.394 e. The van der Waals surface area contributed by atoms with Gasteiger partial charge in [-0.2, -0.15) is 0 Å². The molecule has 0 aromatic carbocycles. The summed E-state index contributed by atoms with van der Waals surface area (Å²) in [5.74, 6) is 0. The summed E-state index contributed by atoms with van der Waals surface area (Å²) in [7, 11) is 0. The Hall–Kier alpha value is -0.160. The molecule has 4 unspecified atom stereocenters. The van der Waals surface area contributed by atoms with Gasteiger partial charge in [-0.3, -0.25) is 4.90 Å². The number of hydrogen-bond acceptors (Lipinski definition) is 4. The maximum absolute atomic E-state index is 10.1. The molecule has 0 aliphatic carbocycles. The summed E-state index contributed by atoms with van der Waals surface area (Å²) in [6, 6.07) is 1.60. The van der Waals surface area contributed by atoms with Crippen molar-refractivity contribution in [2.75, 3.05) is 13.2 Å². The molecule has 0 bridgehead atoms. The van der Waals surface area contributed by atoms with Crippen molar-refractivity contribution in [1.82, 2.24) is 4.90 Å². The summed E-state index contributed by atoms with van der Waals surface area (Å²) in [4.78, 5) is 2.69. The molecule has 22 heavy (non-hydrogen) atoms. The molecule has 2 saturated heterocycles. The highest BCUT2D eigenvalue weighted by atomic mass is 16.3. The number of fused-ring (bicyclic) bond motifs is 1. The zero-order valence-corrected chi connectivity index (χ0v) is 14.0. The Labute approximate surface area is 135 Å². The van der Waals surface area contributed by atoms with Crippen LogP contribution in [0, 0.1) is 0 Å². The SMILES string of the molecule is OCC(O)CCCCCCC(O)CCC1CCC2CCCN21. The molecule has 4 atom stereocenters. The van der Waals surface area contributed by atoms with E-state index in [1.807, 2.05) is 0 Å². The topological polar surface area (TPSA) is 63.9 Å². The highest BCUT2D eigenvalue weighted by Crippen LogP contribution is 2.34. The van der Waals surface area contributed by atoms with Gasteiger partial charge in [0.05, 0.1) is 18.8 Å². The third kappa shape index (κ3) is 5.80. The number of aliphatic hydroxyl groups is 3. The molecule has 0 aromatic rings. The Kier molecular flexibility index (Phi) is 8.15. The van der Waals surface area contributed by atoms with Gasteiger partial charge < -0.3 is 15.3 Å². The van der Waals surface area contributed by atoms with Gasteiger partial charge in [0.25, 0.3) is 0 Å². The normalized spacial score (nSPS) is 28.0. The number of unbranched alkanes of at least 4 members (excludes halogenated alkanes) is 3. The lowest BCUT2D eigenvalue weighted by molar-refractivity contribution is 0.0857. The van der Waals surface area contributed by atoms with Gasteiger partial charge in [0.1, 0.15) is 0 Å². The second-order valence-electron chi connectivity index (χ2n) is 7.32. The predicted octanol–water partition coefficient (Wildman–Crippen LogP) is 2.45. The van der Waals surface area contributed by atoms with Crippen molar-refractivity contribution >= 4 is 0 Å². The molecular weight excluding hydrogens is 278 g/mol. The van der Waals surface area contributed by atoms with Crippen molar-refractivity contribution in [1.29, 1.82) is 0 Å². The molecule has 3 N–H and O–H groups in total. The van der Waals surface area contributed by atoms with Crippen LogP contribution in [0.5, 0.6) is 0 Å². The van der Waals surface area contributed by atoms with Crippen LogP contribution in [0.4, 0.5) is 0 Å². The molecule has 2 heterocycles. The van der Waals surface area contributed by atoms with Gasteiger partial charge in [-0.1, -0.05) is 25.7 Å². The van der Waals surface area contributed by atoms with Crippen LogP contribution in [0.2, 0.25) is 0 Å². The van der Waals surface area contributed by atoms with E-state index in [2.05, 4.69) is 4.90 Å². The molecule has 0 saturated carbocycles. The van der Waals surface area contributed by atoms with Crippen molar-refractivity contribution in [3.05, 3.63) is 0 Å². The second kappa shape index (κ2) is 9.86. The van der Waals surface area contributed by atoms with Gasteiger partial charge in [0.15, 0.2) is 0 Å². The van der Waals surface area contributed by atoms with Crippen molar-refractivity contribution in [3.8, 4) is 0 Å². The Balaban J connectivity index is 1.45. The first kappa shape index (κ1) is 18.2. The molecule has 2 aliphatic rings. The van der Waals surface area contributed by atoms with E-state index in [9.17, 15) is 10.2 Å². The number of aliphatic hydroxyl groups excluding tert-OH is 3. The maximum Gasteiger partial charge on any atom is 0.0770 e. The van der Waals surface area contributed by atoms with E-state index in [1.165, 1.54) is 38.6 Å². The molecule has 2 fully saturated rings. The Morgan fingerprint density at radius 2 is 1.59 bits per heavy atom. The smallest absolute Gasteiger partial charge is 0.0770 e. The van der Waals surface area contributed by atoms with Crippen molar-refractivity contribution < 1.29 is 15.3 Å². The van der Waals surface area contributed by atoms with Crippen LogP contribution in [0.3, 0.4) is 0 Å². The number of hydrogen-bond donors (Lipinski definition) is 3. The van der Waals surface area contributed by atoms with E-state index in [4.69, 9.17) is 5.11 Å². The zero-order chi connectivity index (χ0) is 15.8. The van der Waals surface area contributed by atoms with Crippen LogP contribution in [-0.4, -0.2) is 57.7 Å². The molecule has 2 aliphatic heterocycles. The summed E-state index contributed by atoms with van der Waals surface area (Å²) >= 11 is 0. The van der Waals surface area contributed by atoms with E-state index in [0.717, 1.165) is 50.6 Å². The van der Waals surface area contributed by atoms with E-state index in [1.54, 1.807) is 0 Å². The third-order valence-electron chi connectivity index (χ3n) is 5.59. The van der Waals surface area contributed by atoms with Gasteiger partial charge in [-0.05, 0) is 57.9 Å². The van der Waals surface area contributed by atoms with E-state index >= 15 is 0 Å². The second-order valence-corrected chi connectivity index (χ2v) is 7.32. The van der Waals surface area contributed by atoms with Crippen molar-refractivity contribution in [3.63, 3.8) is 0 Å². The average molecular weight is 313 g/mol. The Morgan fingerprint density at radius 3 is 2.32 bits per heavy atom. The fourth-order valence-electron chi connectivity index (χ4n) is 4.24. The lowest BCUT2D eigenvalue weighted by Crippen LogP contribution is -2.31. The monoisotopic (exact) mass is 313 g/mol. The molecule has 0 aromatic heterocycles. The molecular formula is C18H35NO3. The predicted molar refractivity (Wildman–Crippen MR) is 88.8 cm³/mol. The Bertz CT molecular complexity index is 300. The summed E-state index contributed by atoms with van der Waals surface area (Å²) in [5, 5.41) is 28.1. The minimum atomic E-state index is -0.550. The van der Waals surface area contributed by atoms with Crippen LogP contribution in [0.1, 0.15) is 77.0 Å². The first-order valence-corrected chi connectivity index (χ1v) is 9.43. The maximum atomic E-state index is 10.1. The van der Waals surface area contributed by atoms with Crippen molar-refractivity contribution in [2.24, 2.45) is 0 Å². The zero-order valence-electron chi connectivity index (χ0n) is 14.0. The largest absolute Gasteiger partial charge is 0.394 e. The number of nitrogens with zero attached hydrogens (tertiary/aromatic N) is 1. The van der Waals surface area contributed by atoms with Crippen LogP contribution in [0.25, 0.3) is 0 Å². The van der Waals surface area contributed by atoms with Gasteiger partial charge in [-0.15, -0.1) is 0 Å². The minimum absolute atomic E-state index is 0.127. The van der Waals surface area contributed by atoms with E-state index < -0.39 is 6.10 Å². The highest BCUT2D eigenvalue weighted by molar-refractivity contribution is 4.91. The fourth-order valence-corrected chi connectivity index (χ4v) is 4.24. The summed E-state index contributed by atoms with van der Waals surface area (Å²) in [6.45, 7) is 1.16. The molecule has 0 radical (unpaired) electrons. The van der Waals surface area contributed by atoms with Gasteiger partial charge >= 0.3 is 0 Å². The summed E-state index contributed by atoms with van der Waals surface area (Å²) in [6.07, 6.45) is 12.8. The quantitative estimate of drug-likeness (QED) is 0.513.